The zero-order valence-corrected chi connectivity index (χ0v) is 21.6. The van der Waals surface area contributed by atoms with E-state index in [-0.39, 0.29) is 17.4 Å². The van der Waals surface area contributed by atoms with Gasteiger partial charge in [0.05, 0.1) is 5.92 Å². The SMILES string of the molecule is O=C(Nc1ccc(-c2ccc(C(=O)[C@H]3CCCC[C@H]3C(=O)O)cc2)cc1)c1nc(-c2ccccc2)oc1C(F)(F)F. The molecule has 210 valence electrons. The summed E-state index contributed by atoms with van der Waals surface area (Å²) in [5.41, 5.74) is 1.63. The summed E-state index contributed by atoms with van der Waals surface area (Å²) in [6.45, 7) is 0. The first-order chi connectivity index (χ1) is 19.6. The highest BCUT2D eigenvalue weighted by Crippen LogP contribution is 2.36. The highest BCUT2D eigenvalue weighted by atomic mass is 19.4. The van der Waals surface area contributed by atoms with Gasteiger partial charge in [0.25, 0.3) is 5.91 Å². The molecule has 7 nitrogen and oxygen atoms in total. The Morgan fingerprint density at radius 2 is 1.39 bits per heavy atom. The third-order valence-corrected chi connectivity index (χ3v) is 7.19. The van der Waals surface area contributed by atoms with Crippen molar-refractivity contribution in [1.82, 2.24) is 4.98 Å². The third-order valence-electron chi connectivity index (χ3n) is 7.19. The Labute approximate surface area is 233 Å². The quantitative estimate of drug-likeness (QED) is 0.228. The molecule has 4 aromatic rings. The van der Waals surface area contributed by atoms with Crippen LogP contribution in [-0.4, -0.2) is 27.8 Å². The second-order valence-electron chi connectivity index (χ2n) is 9.87. The van der Waals surface area contributed by atoms with Crippen LogP contribution < -0.4 is 5.32 Å². The highest BCUT2D eigenvalue weighted by molar-refractivity contribution is 6.04. The second-order valence-corrected chi connectivity index (χ2v) is 9.87. The van der Waals surface area contributed by atoms with Gasteiger partial charge in [-0.3, -0.25) is 14.4 Å². The number of benzene rings is 3. The molecular formula is C31H25F3N2O5. The van der Waals surface area contributed by atoms with Crippen LogP contribution in [0.15, 0.2) is 83.3 Å². The number of alkyl halides is 3. The van der Waals surface area contributed by atoms with Crippen LogP contribution in [0.2, 0.25) is 0 Å². The molecule has 0 aliphatic heterocycles. The van der Waals surface area contributed by atoms with Crippen molar-refractivity contribution in [2.75, 3.05) is 5.32 Å². The number of ketones is 1. The lowest BCUT2D eigenvalue weighted by Crippen LogP contribution is -2.32. The molecule has 3 aromatic carbocycles. The monoisotopic (exact) mass is 562 g/mol. The van der Waals surface area contributed by atoms with Crippen molar-refractivity contribution in [3.05, 3.63) is 95.9 Å². The van der Waals surface area contributed by atoms with Gasteiger partial charge in [-0.25, -0.2) is 4.98 Å². The number of anilines is 1. The molecule has 1 heterocycles. The zero-order chi connectivity index (χ0) is 29.1. The van der Waals surface area contributed by atoms with E-state index in [9.17, 15) is 32.7 Å². The molecule has 0 spiro atoms. The van der Waals surface area contributed by atoms with Crippen molar-refractivity contribution < 1.29 is 37.1 Å². The molecule has 5 rings (SSSR count). The lowest BCUT2D eigenvalue weighted by molar-refractivity contribution is -0.153. The number of carboxylic acids is 1. The van der Waals surface area contributed by atoms with Crippen molar-refractivity contribution in [2.24, 2.45) is 11.8 Å². The lowest BCUT2D eigenvalue weighted by atomic mass is 9.75. The standard InChI is InChI=1S/C31H25F3N2O5/c32-31(33,34)27-25(36-29(41-27)21-6-2-1-3-7-21)28(38)35-22-16-14-19(15-17-22)18-10-12-20(13-11-18)26(37)23-8-4-5-9-24(23)30(39)40/h1-3,6-7,10-17,23-24H,4-5,8-9H2,(H,35,38)(H,39,40)/t23-,24+/m0/s1. The first-order valence-corrected chi connectivity index (χ1v) is 13.0. The van der Waals surface area contributed by atoms with Crippen molar-refractivity contribution >= 4 is 23.3 Å². The number of nitrogens with one attached hydrogen (secondary N) is 1. The molecule has 2 atom stereocenters. The normalized spacial score (nSPS) is 17.1. The van der Waals surface area contributed by atoms with Gasteiger partial charge >= 0.3 is 12.1 Å². The lowest BCUT2D eigenvalue weighted by Gasteiger charge is -2.27. The maximum absolute atomic E-state index is 13.6. The Morgan fingerprint density at radius 3 is 1.98 bits per heavy atom. The summed E-state index contributed by atoms with van der Waals surface area (Å²) in [4.78, 5) is 41.2. The molecule has 1 aromatic heterocycles. The number of aromatic nitrogens is 1. The number of aliphatic carboxylic acids is 1. The largest absolute Gasteiger partial charge is 0.481 e. The number of carbonyl (C=O) groups excluding carboxylic acids is 2. The van der Waals surface area contributed by atoms with Gasteiger partial charge in [-0.1, -0.05) is 67.4 Å². The van der Waals surface area contributed by atoms with Crippen LogP contribution in [-0.2, 0) is 11.0 Å². The first-order valence-electron chi connectivity index (χ1n) is 13.0. The average molecular weight is 563 g/mol. The molecule has 41 heavy (non-hydrogen) atoms. The van der Waals surface area contributed by atoms with Gasteiger partial charge in [0, 0.05) is 22.7 Å². The fourth-order valence-electron chi connectivity index (χ4n) is 5.09. The van der Waals surface area contributed by atoms with Crippen LogP contribution >= 0.6 is 0 Å². The minimum Gasteiger partial charge on any atom is -0.481 e. The number of Topliss-reactive ketones (excluding diaryl/α,β-unsaturated/α-hetero) is 1. The minimum atomic E-state index is -4.92. The number of oxazole rings is 1. The number of hydrogen-bond acceptors (Lipinski definition) is 5. The van der Waals surface area contributed by atoms with Gasteiger partial charge in [-0.2, -0.15) is 13.2 Å². The van der Waals surface area contributed by atoms with Crippen LogP contribution in [0.25, 0.3) is 22.6 Å². The molecule has 1 aliphatic carbocycles. The molecule has 0 radical (unpaired) electrons. The van der Waals surface area contributed by atoms with Gasteiger partial charge in [-0.15, -0.1) is 0 Å². The van der Waals surface area contributed by atoms with E-state index in [0.717, 1.165) is 24.0 Å². The Hall–Kier alpha value is -4.73. The van der Waals surface area contributed by atoms with Gasteiger partial charge in [0.2, 0.25) is 11.7 Å². The Morgan fingerprint density at radius 1 is 0.805 bits per heavy atom. The predicted molar refractivity (Wildman–Crippen MR) is 144 cm³/mol. The first kappa shape index (κ1) is 27.8. The summed E-state index contributed by atoms with van der Waals surface area (Å²) in [6, 6.07) is 21.2. The fourth-order valence-corrected chi connectivity index (χ4v) is 5.09. The third kappa shape index (κ3) is 6.06. The van der Waals surface area contributed by atoms with E-state index < -0.39 is 41.3 Å². The Balaban J connectivity index is 1.30. The maximum Gasteiger partial charge on any atom is 0.452 e. The van der Waals surface area contributed by atoms with Crippen molar-refractivity contribution in [3.8, 4) is 22.6 Å². The van der Waals surface area contributed by atoms with Crippen molar-refractivity contribution in [1.29, 1.82) is 0 Å². The predicted octanol–water partition coefficient (Wildman–Crippen LogP) is 7.35. The average Bonchev–Trinajstić information content (AvgIpc) is 3.45. The van der Waals surface area contributed by atoms with E-state index in [1.54, 1.807) is 54.6 Å². The topological polar surface area (TPSA) is 110 Å². The number of halogens is 3. The second kappa shape index (κ2) is 11.4. The maximum atomic E-state index is 13.6. The van der Waals surface area contributed by atoms with E-state index in [2.05, 4.69) is 10.3 Å². The fraction of sp³-hybridized carbons (Fsp3) is 0.226. The summed E-state index contributed by atoms with van der Waals surface area (Å²) >= 11 is 0. The van der Waals surface area contributed by atoms with E-state index in [1.165, 1.54) is 24.3 Å². The molecular weight excluding hydrogens is 537 g/mol. The van der Waals surface area contributed by atoms with E-state index in [4.69, 9.17) is 4.42 Å². The summed E-state index contributed by atoms with van der Waals surface area (Å²) in [5, 5.41) is 11.9. The van der Waals surface area contributed by atoms with Crippen LogP contribution in [0.4, 0.5) is 18.9 Å². The molecule has 1 amide bonds. The molecule has 0 unspecified atom stereocenters. The molecule has 0 bridgehead atoms. The highest BCUT2D eigenvalue weighted by Gasteiger charge is 2.42. The van der Waals surface area contributed by atoms with Crippen LogP contribution in [0, 0.1) is 11.8 Å². The van der Waals surface area contributed by atoms with Crippen LogP contribution in [0.1, 0.15) is 52.3 Å². The summed E-state index contributed by atoms with van der Waals surface area (Å²) < 4.78 is 45.7. The van der Waals surface area contributed by atoms with Crippen molar-refractivity contribution in [3.63, 3.8) is 0 Å². The van der Waals surface area contributed by atoms with Crippen LogP contribution in [0.5, 0.6) is 0 Å². The van der Waals surface area contributed by atoms with Crippen molar-refractivity contribution in [2.45, 2.75) is 31.9 Å². The smallest absolute Gasteiger partial charge is 0.452 e. The number of amides is 1. The van der Waals surface area contributed by atoms with E-state index in [0.29, 0.717) is 24.0 Å². The molecule has 1 fully saturated rings. The summed E-state index contributed by atoms with van der Waals surface area (Å²) in [6.07, 6.45) is -2.25. The minimum absolute atomic E-state index is 0.178. The molecule has 0 saturated heterocycles. The number of hydrogen-bond donors (Lipinski definition) is 2. The van der Waals surface area contributed by atoms with Gasteiger partial charge in [0.1, 0.15) is 0 Å². The Kier molecular flexibility index (Phi) is 7.74. The van der Waals surface area contributed by atoms with Gasteiger partial charge in [-0.05, 0) is 48.2 Å². The number of carboxylic acid groups (broad SMARTS) is 1. The molecule has 10 heteroatoms. The number of rotatable bonds is 7. The summed E-state index contributed by atoms with van der Waals surface area (Å²) in [7, 11) is 0. The van der Waals surface area contributed by atoms with Crippen LogP contribution in [0.3, 0.4) is 0 Å². The number of carbonyl (C=O) groups is 3. The van der Waals surface area contributed by atoms with Gasteiger partial charge < -0.3 is 14.8 Å². The van der Waals surface area contributed by atoms with E-state index >= 15 is 0 Å². The zero-order valence-electron chi connectivity index (χ0n) is 21.6. The molecule has 2 N–H and O–H groups in total. The van der Waals surface area contributed by atoms with Gasteiger partial charge in [0.15, 0.2) is 11.5 Å². The molecule has 1 aliphatic rings. The Bertz CT molecular complexity index is 1560. The molecule has 1 saturated carbocycles. The number of nitrogens with zero attached hydrogens (tertiary/aromatic N) is 1. The summed E-state index contributed by atoms with van der Waals surface area (Å²) in [5.74, 6) is -5.20. The van der Waals surface area contributed by atoms with E-state index in [1.807, 2.05) is 0 Å².